The molecule has 0 unspecified atom stereocenters. The normalized spacial score (nSPS) is 14.8. The molecule has 0 aromatic heterocycles. The predicted octanol–water partition coefficient (Wildman–Crippen LogP) is 3.67. The number of hydrogen-bond acceptors (Lipinski definition) is 6. The molecule has 31 heavy (non-hydrogen) atoms. The molecule has 0 radical (unpaired) electrons. The second-order valence-corrected chi connectivity index (χ2v) is 7.28. The summed E-state index contributed by atoms with van der Waals surface area (Å²) in [4.78, 5) is 24.1. The lowest BCUT2D eigenvalue weighted by Crippen LogP contribution is -2.41. The van der Waals surface area contributed by atoms with Crippen LogP contribution in [0.5, 0.6) is 5.75 Å². The Balaban J connectivity index is 1.62. The number of ether oxygens (including phenoxy) is 4. The Kier molecular flexibility index (Phi) is 8.03. The summed E-state index contributed by atoms with van der Waals surface area (Å²) in [5.74, 6) is -0.979. The second-order valence-electron chi connectivity index (χ2n) is 7.28. The second kappa shape index (κ2) is 10.9. The first-order valence-corrected chi connectivity index (χ1v) is 10.6. The van der Waals surface area contributed by atoms with Crippen molar-refractivity contribution in [2.45, 2.75) is 32.0 Å². The zero-order chi connectivity index (χ0) is 22.1. The first kappa shape index (κ1) is 22.8. The van der Waals surface area contributed by atoms with Crippen molar-refractivity contribution in [1.82, 2.24) is 5.32 Å². The van der Waals surface area contributed by atoms with E-state index >= 15 is 0 Å². The molecule has 1 amide bonds. The number of nitrogens with one attached hydrogen (secondary N) is 1. The molecule has 3 rings (SSSR count). The van der Waals surface area contributed by atoms with Crippen molar-refractivity contribution >= 4 is 11.9 Å². The average molecular weight is 427 g/mol. The van der Waals surface area contributed by atoms with Gasteiger partial charge in [-0.1, -0.05) is 19.8 Å². The number of methoxy groups -OCH3 is 1. The minimum atomic E-state index is -1.04. The number of benzene rings is 2. The number of carbonyl (C=O) groups excluding carboxylic acids is 2. The molecule has 1 heterocycles. The number of carbonyl (C=O) groups is 2. The van der Waals surface area contributed by atoms with Gasteiger partial charge in [-0.15, -0.1) is 0 Å². The van der Waals surface area contributed by atoms with Crippen LogP contribution in [0.2, 0.25) is 0 Å². The van der Waals surface area contributed by atoms with E-state index in [1.807, 2.05) is 24.3 Å². The van der Waals surface area contributed by atoms with Gasteiger partial charge in [0.15, 0.2) is 0 Å². The van der Waals surface area contributed by atoms with E-state index in [0.29, 0.717) is 30.9 Å². The summed E-state index contributed by atoms with van der Waals surface area (Å²) in [6.07, 6.45) is 3.33. The molecule has 2 aromatic rings. The molecule has 0 saturated carbocycles. The van der Waals surface area contributed by atoms with Crippen LogP contribution < -0.4 is 10.1 Å². The highest BCUT2D eigenvalue weighted by Gasteiger charge is 2.39. The quantitative estimate of drug-likeness (QED) is 0.460. The van der Waals surface area contributed by atoms with E-state index in [9.17, 15) is 9.59 Å². The fraction of sp³-hybridized carbons (Fsp3) is 0.417. The molecule has 1 saturated heterocycles. The fourth-order valence-corrected chi connectivity index (χ4v) is 3.35. The van der Waals surface area contributed by atoms with E-state index < -0.39 is 11.8 Å². The number of amides is 1. The first-order chi connectivity index (χ1) is 15.1. The van der Waals surface area contributed by atoms with Gasteiger partial charge in [0.25, 0.3) is 5.91 Å². The van der Waals surface area contributed by atoms with Crippen LogP contribution in [-0.2, 0) is 20.0 Å². The molecule has 2 aromatic carbocycles. The van der Waals surface area contributed by atoms with Crippen LogP contribution in [0, 0.1) is 0 Å². The largest absolute Gasteiger partial charge is 0.494 e. The van der Waals surface area contributed by atoms with E-state index in [4.69, 9.17) is 14.2 Å². The summed E-state index contributed by atoms with van der Waals surface area (Å²) in [6, 6.07) is 13.8. The van der Waals surface area contributed by atoms with Crippen LogP contribution in [0.1, 0.15) is 52.5 Å². The molecule has 166 valence electrons. The van der Waals surface area contributed by atoms with Crippen LogP contribution in [0.4, 0.5) is 0 Å². The molecule has 1 aliphatic heterocycles. The molecule has 1 aliphatic rings. The molecule has 1 N–H and O–H groups in total. The molecular formula is C24H29NO6. The summed E-state index contributed by atoms with van der Waals surface area (Å²) in [6.45, 7) is 3.89. The van der Waals surface area contributed by atoms with Gasteiger partial charge >= 0.3 is 5.97 Å². The van der Waals surface area contributed by atoms with E-state index in [1.165, 1.54) is 7.11 Å². The number of hydrogen-bond donors (Lipinski definition) is 1. The minimum absolute atomic E-state index is 0.154. The van der Waals surface area contributed by atoms with E-state index in [1.54, 1.807) is 24.3 Å². The van der Waals surface area contributed by atoms with Crippen molar-refractivity contribution in [3.8, 4) is 5.75 Å². The number of esters is 1. The molecule has 1 fully saturated rings. The Bertz CT molecular complexity index is 857. The fourth-order valence-electron chi connectivity index (χ4n) is 3.35. The number of rotatable bonds is 10. The molecule has 7 nitrogen and oxygen atoms in total. The highest BCUT2D eigenvalue weighted by Crippen LogP contribution is 2.32. The third-order valence-corrected chi connectivity index (χ3v) is 5.11. The van der Waals surface area contributed by atoms with Gasteiger partial charge in [-0.05, 0) is 55.0 Å². The van der Waals surface area contributed by atoms with E-state index in [2.05, 4.69) is 17.0 Å². The lowest BCUT2D eigenvalue weighted by molar-refractivity contribution is -0.160. The lowest BCUT2D eigenvalue weighted by atomic mass is 10.0. The van der Waals surface area contributed by atoms with Gasteiger partial charge in [-0.3, -0.25) is 4.79 Å². The summed E-state index contributed by atoms with van der Waals surface area (Å²) >= 11 is 0. The van der Waals surface area contributed by atoms with Crippen molar-refractivity contribution in [3.63, 3.8) is 0 Å². The molecule has 0 atom stereocenters. The third kappa shape index (κ3) is 5.83. The third-order valence-electron chi connectivity index (χ3n) is 5.11. The van der Waals surface area contributed by atoms with Gasteiger partial charge in [0, 0.05) is 11.1 Å². The Morgan fingerprint density at radius 1 is 0.968 bits per heavy atom. The maximum Gasteiger partial charge on any atom is 0.337 e. The molecule has 7 heteroatoms. The van der Waals surface area contributed by atoms with Gasteiger partial charge in [-0.2, -0.15) is 0 Å². The lowest BCUT2D eigenvalue weighted by Gasteiger charge is -2.28. The van der Waals surface area contributed by atoms with Crippen molar-refractivity contribution in [2.75, 3.05) is 33.5 Å². The Hall–Kier alpha value is -2.90. The summed E-state index contributed by atoms with van der Waals surface area (Å²) in [5, 5.41) is 2.87. The average Bonchev–Trinajstić information content (AvgIpc) is 3.30. The van der Waals surface area contributed by atoms with E-state index in [0.717, 1.165) is 30.6 Å². The van der Waals surface area contributed by atoms with Crippen LogP contribution in [0.3, 0.4) is 0 Å². The van der Waals surface area contributed by atoms with Gasteiger partial charge in [0.2, 0.25) is 5.79 Å². The standard InChI is InChI=1S/C24H29NO6/c1-3-4-5-14-29-21-12-10-20(11-13-21)24(30-15-16-31-24)17-25-22(26)18-6-8-19(9-7-18)23(27)28-2/h6-13H,3-5,14-17H2,1-2H3,(H,25,26). The van der Waals surface area contributed by atoms with E-state index in [-0.39, 0.29) is 12.5 Å². The maximum atomic E-state index is 12.6. The monoisotopic (exact) mass is 427 g/mol. The minimum Gasteiger partial charge on any atom is -0.494 e. The maximum absolute atomic E-state index is 12.6. The van der Waals surface area contributed by atoms with Gasteiger partial charge in [-0.25, -0.2) is 4.79 Å². The summed E-state index contributed by atoms with van der Waals surface area (Å²) in [5.41, 5.74) is 1.62. The van der Waals surface area contributed by atoms with Crippen LogP contribution in [-0.4, -0.2) is 45.4 Å². The van der Waals surface area contributed by atoms with Crippen molar-refractivity contribution in [3.05, 3.63) is 65.2 Å². The zero-order valence-electron chi connectivity index (χ0n) is 18.0. The molecule has 0 aliphatic carbocycles. The molecular weight excluding hydrogens is 398 g/mol. The van der Waals surface area contributed by atoms with Crippen LogP contribution in [0.15, 0.2) is 48.5 Å². The van der Waals surface area contributed by atoms with Gasteiger partial charge in [0.05, 0.1) is 39.0 Å². The highest BCUT2D eigenvalue weighted by molar-refractivity contribution is 5.96. The van der Waals surface area contributed by atoms with Crippen molar-refractivity contribution in [1.29, 1.82) is 0 Å². The predicted molar refractivity (Wildman–Crippen MR) is 115 cm³/mol. The van der Waals surface area contributed by atoms with Crippen LogP contribution in [0.25, 0.3) is 0 Å². The van der Waals surface area contributed by atoms with Crippen molar-refractivity contribution < 1.29 is 28.5 Å². The Labute approximate surface area is 182 Å². The topological polar surface area (TPSA) is 83.1 Å². The smallest absolute Gasteiger partial charge is 0.337 e. The summed E-state index contributed by atoms with van der Waals surface area (Å²) < 4.78 is 22.2. The van der Waals surface area contributed by atoms with Gasteiger partial charge in [0.1, 0.15) is 5.75 Å². The molecule has 0 bridgehead atoms. The summed E-state index contributed by atoms with van der Waals surface area (Å²) in [7, 11) is 1.31. The number of unbranched alkanes of at least 4 members (excludes halogenated alkanes) is 2. The van der Waals surface area contributed by atoms with Crippen LogP contribution >= 0.6 is 0 Å². The zero-order valence-corrected chi connectivity index (χ0v) is 18.0. The Morgan fingerprint density at radius 2 is 1.61 bits per heavy atom. The highest BCUT2D eigenvalue weighted by atomic mass is 16.7. The SMILES string of the molecule is CCCCCOc1ccc(C2(CNC(=O)c3ccc(C(=O)OC)cc3)OCCO2)cc1. The Morgan fingerprint density at radius 3 is 2.23 bits per heavy atom. The molecule has 0 spiro atoms. The van der Waals surface area contributed by atoms with Gasteiger partial charge < -0.3 is 24.3 Å². The first-order valence-electron chi connectivity index (χ1n) is 10.6. The van der Waals surface area contributed by atoms with Crippen molar-refractivity contribution in [2.24, 2.45) is 0 Å².